The Morgan fingerprint density at radius 2 is 1.77 bits per heavy atom. The number of sulfone groups is 1. The third-order valence-corrected chi connectivity index (χ3v) is 4.10. The molecule has 1 heterocycles. The average molecular weight is 265 g/mol. The van der Waals surface area contributed by atoms with Crippen LogP contribution >= 0.6 is 15.9 Å². The number of hydrogen-bond donors (Lipinski definition) is 0. The second-order valence-corrected chi connectivity index (χ2v) is 5.99. The zero-order valence-corrected chi connectivity index (χ0v) is 8.95. The van der Waals surface area contributed by atoms with E-state index in [0.717, 1.165) is 0 Å². The Balaban J connectivity index is 2.60. The highest BCUT2D eigenvalue weighted by Gasteiger charge is 2.25. The summed E-state index contributed by atoms with van der Waals surface area (Å²) in [7, 11) is -3.03. The first kappa shape index (κ1) is 9.15. The van der Waals surface area contributed by atoms with Crippen LogP contribution in [0.1, 0.15) is 11.1 Å². The van der Waals surface area contributed by atoms with Gasteiger partial charge < -0.3 is 0 Å². The van der Waals surface area contributed by atoms with Crippen LogP contribution in [0.15, 0.2) is 16.6 Å². The molecule has 1 aromatic rings. The third kappa shape index (κ3) is 1.62. The molecule has 0 fully saturated rings. The second kappa shape index (κ2) is 2.78. The van der Waals surface area contributed by atoms with Gasteiger partial charge in [-0.2, -0.15) is 0 Å². The van der Waals surface area contributed by atoms with Gasteiger partial charge in [-0.25, -0.2) is 12.8 Å². The highest BCUT2D eigenvalue weighted by molar-refractivity contribution is 9.10. The van der Waals surface area contributed by atoms with E-state index in [0.29, 0.717) is 15.6 Å². The second-order valence-electron chi connectivity index (χ2n) is 3.07. The smallest absolute Gasteiger partial charge is 0.158 e. The molecule has 0 radical (unpaired) electrons. The Kier molecular flexibility index (Phi) is 1.96. The number of hydrogen-bond acceptors (Lipinski definition) is 2. The number of rotatable bonds is 0. The molecule has 0 aliphatic carbocycles. The van der Waals surface area contributed by atoms with Gasteiger partial charge in [0.05, 0.1) is 16.0 Å². The lowest BCUT2D eigenvalue weighted by Gasteiger charge is -1.98. The highest BCUT2D eigenvalue weighted by Crippen LogP contribution is 2.29. The molecular formula is C8H6BrFO2S. The van der Waals surface area contributed by atoms with Crippen molar-refractivity contribution >= 4 is 25.8 Å². The Hall–Kier alpha value is -0.420. The molecule has 0 saturated carbocycles. The standard InChI is InChI=1S/C8H6BrFO2S/c9-7-1-5-3-13(11,12)4-6(5)2-8(7)10/h1-2H,3-4H2. The van der Waals surface area contributed by atoms with Gasteiger partial charge in [-0.05, 0) is 39.2 Å². The maximum atomic E-state index is 13.0. The minimum Gasteiger partial charge on any atom is -0.228 e. The molecule has 2 nitrogen and oxygen atoms in total. The van der Waals surface area contributed by atoms with Gasteiger partial charge in [0.25, 0.3) is 0 Å². The van der Waals surface area contributed by atoms with Crippen molar-refractivity contribution in [3.63, 3.8) is 0 Å². The van der Waals surface area contributed by atoms with Crippen LogP contribution in [0, 0.1) is 5.82 Å². The quantitative estimate of drug-likeness (QED) is 0.719. The molecule has 1 aliphatic rings. The van der Waals surface area contributed by atoms with E-state index in [9.17, 15) is 12.8 Å². The van der Waals surface area contributed by atoms with E-state index < -0.39 is 15.7 Å². The fourth-order valence-electron chi connectivity index (χ4n) is 1.42. The van der Waals surface area contributed by atoms with Gasteiger partial charge in [0.1, 0.15) is 5.82 Å². The fourth-order valence-corrected chi connectivity index (χ4v) is 3.40. The summed E-state index contributed by atoms with van der Waals surface area (Å²) in [5.74, 6) is -0.413. The summed E-state index contributed by atoms with van der Waals surface area (Å²) in [4.78, 5) is 0. The topological polar surface area (TPSA) is 34.1 Å². The van der Waals surface area contributed by atoms with Crippen molar-refractivity contribution in [3.05, 3.63) is 33.5 Å². The van der Waals surface area contributed by atoms with Crippen LogP contribution in [0.2, 0.25) is 0 Å². The molecule has 5 heteroatoms. The minimum absolute atomic E-state index is 0.0290. The molecule has 0 amide bonds. The maximum Gasteiger partial charge on any atom is 0.158 e. The van der Waals surface area contributed by atoms with Crippen LogP contribution in [0.25, 0.3) is 0 Å². The van der Waals surface area contributed by atoms with Crippen molar-refractivity contribution in [2.24, 2.45) is 0 Å². The van der Waals surface area contributed by atoms with Crippen LogP contribution in [-0.4, -0.2) is 8.42 Å². The van der Waals surface area contributed by atoms with Crippen LogP contribution in [0.3, 0.4) is 0 Å². The molecule has 0 bridgehead atoms. The molecule has 0 unspecified atom stereocenters. The summed E-state index contributed by atoms with van der Waals surface area (Å²) < 4.78 is 35.7. The van der Waals surface area contributed by atoms with Crippen LogP contribution in [-0.2, 0) is 21.3 Å². The van der Waals surface area contributed by atoms with Crippen LogP contribution in [0.5, 0.6) is 0 Å². The van der Waals surface area contributed by atoms with Crippen molar-refractivity contribution in [1.82, 2.24) is 0 Å². The van der Waals surface area contributed by atoms with Crippen molar-refractivity contribution in [2.75, 3.05) is 0 Å². The van der Waals surface area contributed by atoms with E-state index in [2.05, 4.69) is 15.9 Å². The number of halogens is 2. The monoisotopic (exact) mass is 264 g/mol. The maximum absolute atomic E-state index is 13.0. The van der Waals surface area contributed by atoms with Crippen molar-refractivity contribution in [2.45, 2.75) is 11.5 Å². The van der Waals surface area contributed by atoms with Gasteiger partial charge in [-0.3, -0.25) is 0 Å². The number of benzene rings is 1. The lowest BCUT2D eigenvalue weighted by molar-refractivity contribution is 0.598. The van der Waals surface area contributed by atoms with E-state index in [4.69, 9.17) is 0 Å². The van der Waals surface area contributed by atoms with Gasteiger partial charge in [-0.1, -0.05) is 0 Å². The first-order valence-electron chi connectivity index (χ1n) is 3.65. The Labute approximate surface area is 83.8 Å². The highest BCUT2D eigenvalue weighted by atomic mass is 79.9. The average Bonchev–Trinajstić information content (AvgIpc) is 2.24. The Morgan fingerprint density at radius 3 is 2.38 bits per heavy atom. The molecule has 0 N–H and O–H groups in total. The first-order chi connectivity index (χ1) is 5.98. The van der Waals surface area contributed by atoms with Gasteiger partial charge in [0.15, 0.2) is 9.84 Å². The van der Waals surface area contributed by atoms with E-state index >= 15 is 0 Å². The van der Waals surface area contributed by atoms with Gasteiger partial charge in [0, 0.05) is 0 Å². The minimum atomic E-state index is -3.03. The molecule has 1 aliphatic heterocycles. The molecular weight excluding hydrogens is 259 g/mol. The summed E-state index contributed by atoms with van der Waals surface area (Å²) in [6.07, 6.45) is 0. The van der Waals surface area contributed by atoms with Gasteiger partial charge in [-0.15, -0.1) is 0 Å². The molecule has 13 heavy (non-hydrogen) atoms. The van der Waals surface area contributed by atoms with E-state index in [-0.39, 0.29) is 11.5 Å². The molecule has 0 atom stereocenters. The zero-order valence-electron chi connectivity index (χ0n) is 6.55. The Morgan fingerprint density at radius 1 is 1.23 bits per heavy atom. The summed E-state index contributed by atoms with van der Waals surface area (Å²) in [6.45, 7) is 0. The lowest BCUT2D eigenvalue weighted by atomic mass is 10.1. The van der Waals surface area contributed by atoms with Gasteiger partial charge in [0.2, 0.25) is 0 Å². The van der Waals surface area contributed by atoms with Crippen molar-refractivity contribution in [1.29, 1.82) is 0 Å². The largest absolute Gasteiger partial charge is 0.228 e. The SMILES string of the molecule is O=S1(=O)Cc2cc(F)c(Br)cc2C1. The predicted octanol–water partition coefficient (Wildman–Crippen LogP) is 2.02. The third-order valence-electron chi connectivity index (χ3n) is 1.99. The molecule has 2 rings (SSSR count). The van der Waals surface area contributed by atoms with E-state index in [1.807, 2.05) is 0 Å². The lowest BCUT2D eigenvalue weighted by Crippen LogP contribution is -1.95. The van der Waals surface area contributed by atoms with Crippen molar-refractivity contribution in [3.8, 4) is 0 Å². The van der Waals surface area contributed by atoms with Crippen LogP contribution in [0.4, 0.5) is 4.39 Å². The fraction of sp³-hybridized carbons (Fsp3) is 0.250. The van der Waals surface area contributed by atoms with E-state index in [1.165, 1.54) is 12.1 Å². The molecule has 0 spiro atoms. The summed E-state index contributed by atoms with van der Waals surface area (Å²) in [5, 5.41) is 0. The van der Waals surface area contributed by atoms with Gasteiger partial charge >= 0.3 is 0 Å². The summed E-state index contributed by atoms with van der Waals surface area (Å²) in [5.41, 5.74) is 1.29. The van der Waals surface area contributed by atoms with Crippen molar-refractivity contribution < 1.29 is 12.8 Å². The molecule has 1 aromatic carbocycles. The molecule has 0 saturated heterocycles. The Bertz CT molecular complexity index is 430. The predicted molar refractivity (Wildman–Crippen MR) is 50.4 cm³/mol. The molecule has 0 aromatic heterocycles. The summed E-state index contributed by atoms with van der Waals surface area (Å²) in [6, 6.07) is 2.82. The zero-order chi connectivity index (χ0) is 9.64. The van der Waals surface area contributed by atoms with E-state index in [1.54, 1.807) is 0 Å². The molecule has 70 valence electrons. The first-order valence-corrected chi connectivity index (χ1v) is 6.26. The summed E-state index contributed by atoms with van der Waals surface area (Å²) >= 11 is 3.02. The van der Waals surface area contributed by atoms with Crippen LogP contribution < -0.4 is 0 Å². The normalized spacial score (nSPS) is 18.6. The number of fused-ring (bicyclic) bond motifs is 1.